The summed E-state index contributed by atoms with van der Waals surface area (Å²) in [5.74, 6) is 1.40. The molecule has 0 saturated heterocycles. The predicted molar refractivity (Wildman–Crippen MR) is 142 cm³/mol. The number of aryl methyl sites for hydroxylation is 1. The quantitative estimate of drug-likeness (QED) is 0.178. The number of methoxy groups -OCH3 is 1. The van der Waals surface area contributed by atoms with Crippen LogP contribution in [-0.2, 0) is 6.61 Å². The Morgan fingerprint density at radius 3 is 2.64 bits per heavy atom. The van der Waals surface area contributed by atoms with Crippen molar-refractivity contribution in [3.05, 3.63) is 84.9 Å². The first kappa shape index (κ1) is 25.0. The summed E-state index contributed by atoms with van der Waals surface area (Å²) in [6.45, 7) is 4.92. The molecule has 3 aromatic rings. The fourth-order valence-electron chi connectivity index (χ4n) is 3.07. The molecule has 0 aliphatic rings. The second-order valence-corrected chi connectivity index (χ2v) is 9.10. The molecule has 0 unspecified atom stereocenters. The van der Waals surface area contributed by atoms with Crippen molar-refractivity contribution < 1.29 is 19.0 Å². The highest BCUT2D eigenvalue weighted by atomic mass is 127. The molecule has 0 aromatic heterocycles. The van der Waals surface area contributed by atoms with Crippen molar-refractivity contribution in [2.75, 3.05) is 13.7 Å². The number of carbonyl (C=O) groups excluding carboxylic acids is 1. The van der Waals surface area contributed by atoms with Gasteiger partial charge in [-0.1, -0.05) is 40.2 Å². The van der Waals surface area contributed by atoms with Gasteiger partial charge in [0, 0.05) is 4.47 Å². The molecular formula is C25H24BrIN2O4. The van der Waals surface area contributed by atoms with Gasteiger partial charge in [0.2, 0.25) is 0 Å². The van der Waals surface area contributed by atoms with Crippen LogP contribution in [0.2, 0.25) is 0 Å². The molecule has 3 rings (SSSR count). The minimum Gasteiger partial charge on any atom is -0.496 e. The van der Waals surface area contributed by atoms with Gasteiger partial charge in [-0.2, -0.15) is 5.10 Å². The van der Waals surface area contributed by atoms with Gasteiger partial charge < -0.3 is 14.2 Å². The first-order chi connectivity index (χ1) is 15.9. The summed E-state index contributed by atoms with van der Waals surface area (Å²) < 4.78 is 18.8. The highest BCUT2D eigenvalue weighted by Crippen LogP contribution is 2.34. The topological polar surface area (TPSA) is 69.2 Å². The van der Waals surface area contributed by atoms with Crippen LogP contribution in [0.25, 0.3) is 0 Å². The molecule has 0 heterocycles. The lowest BCUT2D eigenvalue weighted by Gasteiger charge is -2.15. The fraction of sp³-hybridized carbons (Fsp3) is 0.200. The number of ether oxygens (including phenoxy) is 3. The molecule has 172 valence electrons. The summed E-state index contributed by atoms with van der Waals surface area (Å²) in [4.78, 5) is 12.5. The van der Waals surface area contributed by atoms with Crippen molar-refractivity contribution >= 4 is 50.6 Å². The van der Waals surface area contributed by atoms with E-state index in [0.717, 1.165) is 19.2 Å². The van der Waals surface area contributed by atoms with E-state index in [1.165, 1.54) is 12.7 Å². The lowest BCUT2D eigenvalue weighted by atomic mass is 10.1. The van der Waals surface area contributed by atoms with Crippen molar-refractivity contribution in [3.63, 3.8) is 0 Å². The van der Waals surface area contributed by atoms with E-state index in [1.807, 2.05) is 37.3 Å². The number of amides is 1. The van der Waals surface area contributed by atoms with Gasteiger partial charge in [0.1, 0.15) is 12.4 Å². The lowest BCUT2D eigenvalue weighted by molar-refractivity contribution is 0.0952. The molecule has 0 atom stereocenters. The number of hydrazone groups is 1. The van der Waals surface area contributed by atoms with Gasteiger partial charge in [0.25, 0.3) is 5.91 Å². The van der Waals surface area contributed by atoms with Crippen molar-refractivity contribution in [2.45, 2.75) is 20.5 Å². The van der Waals surface area contributed by atoms with Crippen LogP contribution in [0.3, 0.4) is 0 Å². The van der Waals surface area contributed by atoms with Gasteiger partial charge >= 0.3 is 0 Å². The molecule has 0 bridgehead atoms. The molecule has 0 fully saturated rings. The van der Waals surface area contributed by atoms with Gasteiger partial charge in [0.05, 0.1) is 29.1 Å². The summed E-state index contributed by atoms with van der Waals surface area (Å²) in [5, 5.41) is 4.11. The predicted octanol–water partition coefficient (Wildman–Crippen LogP) is 6.11. The number of carbonyl (C=O) groups is 1. The first-order valence-corrected chi connectivity index (χ1v) is 12.1. The van der Waals surface area contributed by atoms with E-state index in [-0.39, 0.29) is 5.91 Å². The van der Waals surface area contributed by atoms with E-state index in [4.69, 9.17) is 14.2 Å². The summed E-state index contributed by atoms with van der Waals surface area (Å²) in [5.41, 5.74) is 5.99. The maximum Gasteiger partial charge on any atom is 0.275 e. The van der Waals surface area contributed by atoms with Gasteiger partial charge in [-0.15, -0.1) is 0 Å². The van der Waals surface area contributed by atoms with E-state index in [1.54, 1.807) is 24.4 Å². The number of hydrogen-bond donors (Lipinski definition) is 1. The Hall–Kier alpha value is -2.59. The molecule has 3 aromatic carbocycles. The maximum absolute atomic E-state index is 12.5. The Labute approximate surface area is 215 Å². The second-order valence-electron chi connectivity index (χ2n) is 7.02. The Kier molecular flexibility index (Phi) is 9.13. The molecular weight excluding hydrogens is 599 g/mol. The fourth-order valence-corrected chi connectivity index (χ4v) is 4.21. The molecule has 0 saturated carbocycles. The molecule has 0 aliphatic carbocycles. The second kappa shape index (κ2) is 12.0. The van der Waals surface area contributed by atoms with E-state index in [9.17, 15) is 4.79 Å². The normalized spacial score (nSPS) is 10.8. The SMILES string of the molecule is CCOc1cc(/C=N\NC(=O)c2cc(Br)ccc2OC)cc(I)c1OCc1ccccc1C. The summed E-state index contributed by atoms with van der Waals surface area (Å²) in [7, 11) is 1.52. The number of hydrogen-bond acceptors (Lipinski definition) is 5. The number of halogens is 2. The third-order valence-corrected chi connectivity index (χ3v) is 6.05. The van der Waals surface area contributed by atoms with Crippen LogP contribution in [0.1, 0.15) is 34.0 Å². The van der Waals surface area contributed by atoms with E-state index < -0.39 is 0 Å². The highest BCUT2D eigenvalue weighted by Gasteiger charge is 2.14. The first-order valence-electron chi connectivity index (χ1n) is 10.2. The van der Waals surface area contributed by atoms with Crippen molar-refractivity contribution in [1.29, 1.82) is 0 Å². The largest absolute Gasteiger partial charge is 0.496 e. The average Bonchev–Trinajstić information content (AvgIpc) is 2.79. The Morgan fingerprint density at radius 1 is 1.12 bits per heavy atom. The zero-order valence-corrected chi connectivity index (χ0v) is 22.3. The van der Waals surface area contributed by atoms with Crippen LogP contribution in [0, 0.1) is 10.5 Å². The van der Waals surface area contributed by atoms with Crippen molar-refractivity contribution in [1.82, 2.24) is 5.43 Å². The molecule has 33 heavy (non-hydrogen) atoms. The molecule has 8 heteroatoms. The van der Waals surface area contributed by atoms with Crippen molar-refractivity contribution in [2.24, 2.45) is 5.10 Å². The molecule has 0 spiro atoms. The van der Waals surface area contributed by atoms with Crippen LogP contribution < -0.4 is 19.6 Å². The Bertz CT molecular complexity index is 1170. The molecule has 6 nitrogen and oxygen atoms in total. The summed E-state index contributed by atoms with van der Waals surface area (Å²) in [6.07, 6.45) is 1.57. The van der Waals surface area contributed by atoms with Crippen LogP contribution in [0.5, 0.6) is 17.2 Å². The summed E-state index contributed by atoms with van der Waals surface area (Å²) >= 11 is 5.58. The smallest absolute Gasteiger partial charge is 0.275 e. The molecule has 0 aliphatic heterocycles. The van der Waals surface area contributed by atoms with Gasteiger partial charge in [-0.05, 0) is 83.5 Å². The zero-order valence-electron chi connectivity index (χ0n) is 18.5. The molecule has 1 N–H and O–H groups in total. The summed E-state index contributed by atoms with van der Waals surface area (Å²) in [6, 6.07) is 17.1. The monoisotopic (exact) mass is 622 g/mol. The van der Waals surface area contributed by atoms with Crippen molar-refractivity contribution in [3.8, 4) is 17.2 Å². The van der Waals surface area contributed by atoms with E-state index >= 15 is 0 Å². The average molecular weight is 623 g/mol. The number of nitrogens with zero attached hydrogens (tertiary/aromatic N) is 1. The third-order valence-electron chi connectivity index (χ3n) is 4.75. The number of nitrogens with one attached hydrogen (secondary N) is 1. The Morgan fingerprint density at radius 2 is 1.91 bits per heavy atom. The standard InChI is InChI=1S/C25H24BrIN2O4/c1-4-32-23-12-17(11-21(27)24(23)33-15-18-8-6-5-7-16(18)2)14-28-29-25(30)20-13-19(26)9-10-22(20)31-3/h5-14H,4,15H2,1-3H3,(H,29,30)/b28-14-. The maximum atomic E-state index is 12.5. The third kappa shape index (κ3) is 6.70. The van der Waals surface area contributed by atoms with Gasteiger partial charge in [-0.25, -0.2) is 5.43 Å². The molecule has 1 amide bonds. The van der Waals surface area contributed by atoms with Crippen LogP contribution in [-0.4, -0.2) is 25.8 Å². The van der Waals surface area contributed by atoms with Crippen LogP contribution in [0.4, 0.5) is 0 Å². The Balaban J connectivity index is 1.76. The van der Waals surface area contributed by atoms with Gasteiger partial charge in [0.15, 0.2) is 11.5 Å². The van der Waals surface area contributed by atoms with Gasteiger partial charge in [-0.3, -0.25) is 4.79 Å². The lowest BCUT2D eigenvalue weighted by Crippen LogP contribution is -2.18. The number of rotatable bonds is 9. The zero-order chi connectivity index (χ0) is 23.8. The minimum atomic E-state index is -0.373. The number of benzene rings is 3. The minimum absolute atomic E-state index is 0.373. The van der Waals surface area contributed by atoms with Crippen LogP contribution >= 0.6 is 38.5 Å². The molecule has 0 radical (unpaired) electrons. The van der Waals surface area contributed by atoms with Crippen LogP contribution in [0.15, 0.2) is 64.2 Å². The van der Waals surface area contributed by atoms with E-state index in [0.29, 0.717) is 36.0 Å². The van der Waals surface area contributed by atoms with E-state index in [2.05, 4.69) is 62.0 Å². The highest BCUT2D eigenvalue weighted by molar-refractivity contribution is 14.1.